The summed E-state index contributed by atoms with van der Waals surface area (Å²) < 4.78 is 5.29. The quantitative estimate of drug-likeness (QED) is 0.722. The van der Waals surface area contributed by atoms with Crippen molar-refractivity contribution in [2.75, 3.05) is 38.6 Å². The molecule has 164 valence electrons. The van der Waals surface area contributed by atoms with E-state index in [1.54, 1.807) is 7.11 Å². The highest BCUT2D eigenvalue weighted by molar-refractivity contribution is 7.80. The first kappa shape index (κ1) is 21.4. The van der Waals surface area contributed by atoms with Gasteiger partial charge in [0.2, 0.25) is 5.91 Å². The third kappa shape index (κ3) is 3.57. The Morgan fingerprint density at radius 1 is 1.07 bits per heavy atom. The van der Waals surface area contributed by atoms with Gasteiger partial charge in [-0.3, -0.25) is 4.79 Å². The molecule has 1 spiro atoms. The van der Waals surface area contributed by atoms with E-state index in [0.717, 1.165) is 62.0 Å². The minimum absolute atomic E-state index is 0.112. The minimum Gasteiger partial charge on any atom is -0.497 e. The molecule has 1 aromatic carbocycles. The lowest BCUT2D eigenvalue weighted by Gasteiger charge is -2.40. The van der Waals surface area contributed by atoms with Crippen LogP contribution in [0.2, 0.25) is 0 Å². The van der Waals surface area contributed by atoms with Gasteiger partial charge in [-0.1, -0.05) is 33.8 Å². The summed E-state index contributed by atoms with van der Waals surface area (Å²) in [6.07, 6.45) is 3.30. The second-order valence-corrected chi connectivity index (χ2v) is 10.9. The summed E-state index contributed by atoms with van der Waals surface area (Å²) in [4.78, 5) is 17.6. The molecular formula is C24H35N3O2S. The van der Waals surface area contributed by atoms with Crippen LogP contribution in [0.3, 0.4) is 0 Å². The smallest absolute Gasteiger partial charge is 0.226 e. The summed E-state index contributed by atoms with van der Waals surface area (Å²) in [5.41, 5.74) is 1.44. The fourth-order valence-electron chi connectivity index (χ4n) is 5.62. The monoisotopic (exact) mass is 429 g/mol. The molecule has 5 nitrogen and oxygen atoms in total. The van der Waals surface area contributed by atoms with Crippen LogP contribution in [0.15, 0.2) is 24.3 Å². The van der Waals surface area contributed by atoms with E-state index in [1.165, 1.54) is 0 Å². The highest BCUT2D eigenvalue weighted by Gasteiger charge is 2.69. The van der Waals surface area contributed by atoms with E-state index in [0.29, 0.717) is 5.91 Å². The number of thiocarbonyl (C=S) groups is 1. The van der Waals surface area contributed by atoms with E-state index in [9.17, 15) is 4.79 Å². The van der Waals surface area contributed by atoms with Crippen molar-refractivity contribution in [2.24, 2.45) is 22.2 Å². The van der Waals surface area contributed by atoms with Gasteiger partial charge in [0.15, 0.2) is 5.11 Å². The molecule has 4 rings (SSSR count). The standard InChI is InChI=1S/C24H35N3O2S/c1-22(2)19(23(22,3)4)20(28)27-14-11-24(16-27)9-12-26(13-10-24)21(30)25-17-7-6-8-18(15-17)29-5/h6-8,15,19H,9-14,16H2,1-5H3,(H,25,30). The van der Waals surface area contributed by atoms with Gasteiger partial charge in [-0.05, 0) is 59.9 Å². The Kier molecular flexibility index (Phi) is 5.28. The summed E-state index contributed by atoms with van der Waals surface area (Å²) in [5.74, 6) is 1.36. The van der Waals surface area contributed by atoms with Crippen LogP contribution >= 0.6 is 12.2 Å². The molecule has 2 aliphatic heterocycles. The summed E-state index contributed by atoms with van der Waals surface area (Å²) in [6.45, 7) is 12.6. The molecule has 3 fully saturated rings. The molecule has 0 atom stereocenters. The molecule has 1 N–H and O–H groups in total. The number of benzene rings is 1. The number of hydrogen-bond acceptors (Lipinski definition) is 3. The highest BCUT2D eigenvalue weighted by Crippen LogP contribution is 2.69. The molecule has 2 saturated heterocycles. The summed E-state index contributed by atoms with van der Waals surface area (Å²) in [5, 5.41) is 4.12. The molecular weight excluding hydrogens is 394 g/mol. The first-order chi connectivity index (χ1) is 14.1. The Labute approximate surface area is 186 Å². The molecule has 6 heteroatoms. The predicted octanol–water partition coefficient (Wildman–Crippen LogP) is 4.39. The number of carbonyl (C=O) groups excluding carboxylic acids is 1. The lowest BCUT2D eigenvalue weighted by atomic mass is 9.78. The van der Waals surface area contributed by atoms with E-state index in [2.05, 4.69) is 42.8 Å². The van der Waals surface area contributed by atoms with Crippen molar-refractivity contribution >= 4 is 28.9 Å². The number of nitrogens with zero attached hydrogens (tertiary/aromatic N) is 2. The number of anilines is 1. The van der Waals surface area contributed by atoms with Crippen molar-refractivity contribution in [3.8, 4) is 5.75 Å². The van der Waals surface area contributed by atoms with Crippen LogP contribution in [0, 0.1) is 22.2 Å². The molecule has 30 heavy (non-hydrogen) atoms. The lowest BCUT2D eigenvalue weighted by Crippen LogP contribution is -2.46. The van der Waals surface area contributed by atoms with Crippen LogP contribution in [0.5, 0.6) is 5.75 Å². The predicted molar refractivity (Wildman–Crippen MR) is 125 cm³/mol. The molecule has 3 aliphatic rings. The Morgan fingerprint density at radius 2 is 1.67 bits per heavy atom. The van der Waals surface area contributed by atoms with E-state index in [-0.39, 0.29) is 22.2 Å². The van der Waals surface area contributed by atoms with Crippen molar-refractivity contribution in [1.29, 1.82) is 0 Å². The molecule has 1 amide bonds. The Bertz CT molecular complexity index is 829. The van der Waals surface area contributed by atoms with Crippen molar-refractivity contribution in [3.63, 3.8) is 0 Å². The van der Waals surface area contributed by atoms with Gasteiger partial charge in [-0.25, -0.2) is 0 Å². The summed E-state index contributed by atoms with van der Waals surface area (Å²) >= 11 is 5.67. The Balaban J connectivity index is 1.31. The van der Waals surface area contributed by atoms with Crippen LogP contribution < -0.4 is 10.1 Å². The van der Waals surface area contributed by atoms with E-state index in [1.807, 2.05) is 24.3 Å². The van der Waals surface area contributed by atoms with Gasteiger partial charge >= 0.3 is 0 Å². The number of rotatable bonds is 3. The fraction of sp³-hybridized carbons (Fsp3) is 0.667. The second kappa shape index (κ2) is 7.40. The topological polar surface area (TPSA) is 44.8 Å². The molecule has 1 saturated carbocycles. The second-order valence-electron chi connectivity index (χ2n) is 10.5. The highest BCUT2D eigenvalue weighted by atomic mass is 32.1. The number of ether oxygens (including phenoxy) is 1. The maximum atomic E-state index is 13.2. The third-order valence-electron chi connectivity index (χ3n) is 8.45. The lowest BCUT2D eigenvalue weighted by molar-refractivity contribution is -0.133. The fourth-order valence-corrected chi connectivity index (χ4v) is 5.92. The van der Waals surface area contributed by atoms with Crippen LogP contribution in [0.4, 0.5) is 5.69 Å². The number of methoxy groups -OCH3 is 1. The molecule has 0 unspecified atom stereocenters. The van der Waals surface area contributed by atoms with Gasteiger partial charge in [-0.15, -0.1) is 0 Å². The first-order valence-electron chi connectivity index (χ1n) is 11.1. The molecule has 0 bridgehead atoms. The van der Waals surface area contributed by atoms with Crippen molar-refractivity contribution in [2.45, 2.75) is 47.0 Å². The SMILES string of the molecule is COc1cccc(NC(=S)N2CCC3(CCN(C(=O)C4C(C)(C)C4(C)C)C3)CC2)c1. The van der Waals surface area contributed by atoms with Crippen molar-refractivity contribution in [1.82, 2.24) is 9.80 Å². The maximum absolute atomic E-state index is 13.2. The Morgan fingerprint density at radius 3 is 2.23 bits per heavy atom. The van der Waals surface area contributed by atoms with Crippen LogP contribution in [0.1, 0.15) is 47.0 Å². The minimum atomic E-state index is 0.112. The molecule has 1 aliphatic carbocycles. The van der Waals surface area contributed by atoms with Crippen molar-refractivity contribution < 1.29 is 9.53 Å². The van der Waals surface area contributed by atoms with Crippen LogP contribution in [0.25, 0.3) is 0 Å². The number of nitrogens with one attached hydrogen (secondary N) is 1. The zero-order chi connectivity index (χ0) is 21.7. The van der Waals surface area contributed by atoms with Gasteiger partial charge in [0, 0.05) is 43.9 Å². The number of piperidine rings is 1. The normalized spacial score (nSPS) is 24.0. The van der Waals surface area contributed by atoms with Gasteiger partial charge in [0.05, 0.1) is 7.11 Å². The number of hydrogen-bond donors (Lipinski definition) is 1. The van der Waals surface area contributed by atoms with Gasteiger partial charge in [-0.2, -0.15) is 0 Å². The van der Waals surface area contributed by atoms with E-state index < -0.39 is 0 Å². The maximum Gasteiger partial charge on any atom is 0.226 e. The number of amides is 1. The first-order valence-corrected chi connectivity index (χ1v) is 11.5. The molecule has 2 heterocycles. The van der Waals surface area contributed by atoms with Gasteiger partial charge in [0.1, 0.15) is 5.75 Å². The van der Waals surface area contributed by atoms with Crippen LogP contribution in [-0.2, 0) is 4.79 Å². The summed E-state index contributed by atoms with van der Waals surface area (Å²) in [7, 11) is 1.67. The largest absolute Gasteiger partial charge is 0.497 e. The third-order valence-corrected chi connectivity index (χ3v) is 8.81. The van der Waals surface area contributed by atoms with E-state index >= 15 is 0 Å². The summed E-state index contributed by atoms with van der Waals surface area (Å²) in [6, 6.07) is 7.85. The number of likely N-dealkylation sites (tertiary alicyclic amines) is 2. The average Bonchev–Trinajstić information content (AvgIpc) is 2.97. The zero-order valence-electron chi connectivity index (χ0n) is 19.0. The zero-order valence-corrected chi connectivity index (χ0v) is 19.8. The molecule has 0 aromatic heterocycles. The van der Waals surface area contributed by atoms with Crippen molar-refractivity contribution in [3.05, 3.63) is 24.3 Å². The molecule has 0 radical (unpaired) electrons. The molecule has 1 aromatic rings. The van der Waals surface area contributed by atoms with Crippen LogP contribution in [-0.4, -0.2) is 54.1 Å². The van der Waals surface area contributed by atoms with Gasteiger partial charge < -0.3 is 19.9 Å². The van der Waals surface area contributed by atoms with E-state index in [4.69, 9.17) is 17.0 Å². The van der Waals surface area contributed by atoms with Gasteiger partial charge in [0.25, 0.3) is 0 Å². The average molecular weight is 430 g/mol. The Hall–Kier alpha value is -1.82. The number of carbonyl (C=O) groups is 1.